The summed E-state index contributed by atoms with van der Waals surface area (Å²) in [5.41, 5.74) is 1.62. The first-order chi connectivity index (χ1) is 7.97. The summed E-state index contributed by atoms with van der Waals surface area (Å²) in [4.78, 5) is 0. The zero-order chi connectivity index (χ0) is 12.5. The molecule has 0 aromatic heterocycles. The van der Waals surface area contributed by atoms with Crippen molar-refractivity contribution in [3.63, 3.8) is 0 Å². The standard InChI is InChI=1S/C14H10F3/c1-10-5-7-11(8-6-10)12-3-2-4-13(9-12)14(15,16)17/h2,4-9H,1H3. The zero-order valence-electron chi connectivity index (χ0n) is 9.18. The first-order valence-corrected chi connectivity index (χ1v) is 5.13. The lowest BCUT2D eigenvalue weighted by Gasteiger charge is -2.08. The summed E-state index contributed by atoms with van der Waals surface area (Å²) in [5, 5.41) is 0. The SMILES string of the molecule is Cc1ccc(-c2[c]ccc(C(F)(F)F)c2)cc1. The average molecular weight is 235 g/mol. The molecule has 0 saturated heterocycles. The van der Waals surface area contributed by atoms with Gasteiger partial charge in [-0.1, -0.05) is 35.9 Å². The minimum absolute atomic E-state index is 0.458. The Morgan fingerprint density at radius 3 is 2.24 bits per heavy atom. The van der Waals surface area contributed by atoms with Crippen LogP contribution < -0.4 is 0 Å². The van der Waals surface area contributed by atoms with Gasteiger partial charge in [-0.25, -0.2) is 0 Å². The van der Waals surface area contributed by atoms with E-state index in [4.69, 9.17) is 0 Å². The van der Waals surface area contributed by atoms with E-state index < -0.39 is 11.7 Å². The minimum Gasteiger partial charge on any atom is -0.166 e. The van der Waals surface area contributed by atoms with E-state index in [9.17, 15) is 13.2 Å². The smallest absolute Gasteiger partial charge is 0.166 e. The lowest BCUT2D eigenvalue weighted by Crippen LogP contribution is -2.04. The summed E-state index contributed by atoms with van der Waals surface area (Å²) < 4.78 is 37.6. The molecule has 0 aliphatic heterocycles. The average Bonchev–Trinajstić information content (AvgIpc) is 2.29. The number of alkyl halides is 3. The molecule has 0 saturated carbocycles. The van der Waals surface area contributed by atoms with Gasteiger partial charge in [0.1, 0.15) is 0 Å². The van der Waals surface area contributed by atoms with E-state index in [1.807, 2.05) is 19.1 Å². The summed E-state index contributed by atoms with van der Waals surface area (Å²) in [6.45, 7) is 1.93. The molecule has 2 aromatic rings. The topological polar surface area (TPSA) is 0 Å². The van der Waals surface area contributed by atoms with Crippen molar-refractivity contribution >= 4 is 0 Å². The Hall–Kier alpha value is -1.77. The maximum atomic E-state index is 12.5. The third-order valence-corrected chi connectivity index (χ3v) is 2.49. The van der Waals surface area contributed by atoms with Crippen molar-refractivity contribution < 1.29 is 13.2 Å². The second-order valence-corrected chi connectivity index (χ2v) is 3.85. The van der Waals surface area contributed by atoms with E-state index in [1.165, 1.54) is 6.07 Å². The fourth-order valence-corrected chi connectivity index (χ4v) is 1.54. The number of aryl methyl sites for hydroxylation is 1. The van der Waals surface area contributed by atoms with Crippen molar-refractivity contribution in [1.82, 2.24) is 0 Å². The molecular weight excluding hydrogens is 225 g/mol. The number of rotatable bonds is 1. The Morgan fingerprint density at radius 1 is 1.00 bits per heavy atom. The number of benzene rings is 2. The van der Waals surface area contributed by atoms with Crippen molar-refractivity contribution in [3.8, 4) is 11.1 Å². The maximum Gasteiger partial charge on any atom is 0.416 e. The second-order valence-electron chi connectivity index (χ2n) is 3.85. The van der Waals surface area contributed by atoms with E-state index in [1.54, 1.807) is 12.1 Å². The Bertz CT molecular complexity index is 510. The van der Waals surface area contributed by atoms with Crippen molar-refractivity contribution in [2.45, 2.75) is 13.1 Å². The van der Waals surface area contributed by atoms with Crippen molar-refractivity contribution in [2.24, 2.45) is 0 Å². The number of halogens is 3. The molecule has 3 heteroatoms. The van der Waals surface area contributed by atoms with Gasteiger partial charge in [0.15, 0.2) is 0 Å². The first kappa shape index (κ1) is 11.7. The van der Waals surface area contributed by atoms with E-state index in [0.29, 0.717) is 5.56 Å². The molecule has 0 bridgehead atoms. The van der Waals surface area contributed by atoms with Crippen LogP contribution in [0.1, 0.15) is 11.1 Å². The molecule has 87 valence electrons. The van der Waals surface area contributed by atoms with E-state index in [-0.39, 0.29) is 0 Å². The predicted octanol–water partition coefficient (Wildman–Crippen LogP) is 4.48. The molecule has 0 atom stereocenters. The predicted molar refractivity (Wildman–Crippen MR) is 60.5 cm³/mol. The molecule has 0 nitrogen and oxygen atoms in total. The zero-order valence-corrected chi connectivity index (χ0v) is 9.18. The number of hydrogen-bond acceptors (Lipinski definition) is 0. The van der Waals surface area contributed by atoms with Gasteiger partial charge < -0.3 is 0 Å². The van der Waals surface area contributed by atoms with Gasteiger partial charge in [-0.2, -0.15) is 13.2 Å². The normalized spacial score (nSPS) is 11.5. The second kappa shape index (κ2) is 4.24. The molecule has 2 rings (SSSR count). The molecule has 17 heavy (non-hydrogen) atoms. The highest BCUT2D eigenvalue weighted by atomic mass is 19.4. The van der Waals surface area contributed by atoms with E-state index >= 15 is 0 Å². The monoisotopic (exact) mass is 235 g/mol. The largest absolute Gasteiger partial charge is 0.416 e. The van der Waals surface area contributed by atoms with Crippen molar-refractivity contribution in [1.29, 1.82) is 0 Å². The van der Waals surface area contributed by atoms with Crippen LogP contribution in [0.2, 0.25) is 0 Å². The summed E-state index contributed by atoms with van der Waals surface area (Å²) in [7, 11) is 0. The quantitative estimate of drug-likeness (QED) is 0.683. The minimum atomic E-state index is -4.31. The van der Waals surface area contributed by atoms with Crippen LogP contribution in [0.15, 0.2) is 42.5 Å². The summed E-state index contributed by atoms with van der Waals surface area (Å²) >= 11 is 0. The fourth-order valence-electron chi connectivity index (χ4n) is 1.54. The molecule has 2 aromatic carbocycles. The lowest BCUT2D eigenvalue weighted by atomic mass is 10.0. The van der Waals surface area contributed by atoms with Crippen LogP contribution in [0, 0.1) is 13.0 Å². The number of hydrogen-bond donors (Lipinski definition) is 0. The molecule has 0 N–H and O–H groups in total. The lowest BCUT2D eigenvalue weighted by molar-refractivity contribution is -0.137. The molecule has 0 aliphatic carbocycles. The molecule has 0 spiro atoms. The van der Waals surface area contributed by atoms with Crippen LogP contribution in [0.5, 0.6) is 0 Å². The molecule has 0 fully saturated rings. The highest BCUT2D eigenvalue weighted by molar-refractivity contribution is 5.63. The molecular formula is C14H10F3. The Labute approximate surface area is 97.7 Å². The Morgan fingerprint density at radius 2 is 1.65 bits per heavy atom. The molecule has 0 aliphatic rings. The van der Waals surface area contributed by atoms with Gasteiger partial charge >= 0.3 is 6.18 Å². The van der Waals surface area contributed by atoms with Crippen LogP contribution in [-0.2, 0) is 6.18 Å². The fraction of sp³-hybridized carbons (Fsp3) is 0.143. The first-order valence-electron chi connectivity index (χ1n) is 5.13. The maximum absolute atomic E-state index is 12.5. The highest BCUT2D eigenvalue weighted by Gasteiger charge is 2.30. The third kappa shape index (κ3) is 2.67. The van der Waals surface area contributed by atoms with Gasteiger partial charge in [-0.15, -0.1) is 0 Å². The van der Waals surface area contributed by atoms with Gasteiger partial charge in [0.25, 0.3) is 0 Å². The summed E-state index contributed by atoms with van der Waals surface area (Å²) in [6.07, 6.45) is -4.31. The summed E-state index contributed by atoms with van der Waals surface area (Å²) in [6, 6.07) is 13.6. The van der Waals surface area contributed by atoms with Crippen LogP contribution in [0.4, 0.5) is 13.2 Å². The molecule has 0 unspecified atom stereocenters. The summed E-state index contributed by atoms with van der Waals surface area (Å²) in [5.74, 6) is 0. The van der Waals surface area contributed by atoms with Gasteiger partial charge in [-0.05, 0) is 36.2 Å². The highest BCUT2D eigenvalue weighted by Crippen LogP contribution is 2.31. The van der Waals surface area contributed by atoms with Gasteiger partial charge in [0.05, 0.1) is 5.56 Å². The van der Waals surface area contributed by atoms with Crippen molar-refractivity contribution in [3.05, 3.63) is 59.7 Å². The Kier molecular flexibility index (Phi) is 2.92. The molecule has 1 radical (unpaired) electrons. The van der Waals surface area contributed by atoms with Gasteiger partial charge in [0, 0.05) is 0 Å². The van der Waals surface area contributed by atoms with Crippen LogP contribution in [-0.4, -0.2) is 0 Å². The van der Waals surface area contributed by atoms with Crippen LogP contribution in [0.3, 0.4) is 0 Å². The van der Waals surface area contributed by atoms with Crippen LogP contribution in [0.25, 0.3) is 11.1 Å². The van der Waals surface area contributed by atoms with E-state index in [0.717, 1.165) is 23.3 Å². The molecule has 0 amide bonds. The molecule has 0 heterocycles. The van der Waals surface area contributed by atoms with Crippen molar-refractivity contribution in [2.75, 3.05) is 0 Å². The van der Waals surface area contributed by atoms with Gasteiger partial charge in [0.2, 0.25) is 0 Å². The Balaban J connectivity index is 2.43. The third-order valence-electron chi connectivity index (χ3n) is 2.49. The van der Waals surface area contributed by atoms with Crippen LogP contribution >= 0.6 is 0 Å². The van der Waals surface area contributed by atoms with E-state index in [2.05, 4.69) is 6.07 Å². The van der Waals surface area contributed by atoms with Gasteiger partial charge in [-0.3, -0.25) is 0 Å².